The van der Waals surface area contributed by atoms with Crippen LogP contribution in [0.15, 0.2) is 42.5 Å². The summed E-state index contributed by atoms with van der Waals surface area (Å²) in [5.74, 6) is -3.44. The average molecular weight is 372 g/mol. The van der Waals surface area contributed by atoms with Crippen molar-refractivity contribution in [3.8, 4) is 0 Å². The zero-order valence-electron chi connectivity index (χ0n) is 14.8. The Kier molecular flexibility index (Phi) is 5.03. The summed E-state index contributed by atoms with van der Waals surface area (Å²) < 4.78 is 27.2. The van der Waals surface area contributed by atoms with Crippen molar-refractivity contribution >= 4 is 23.4 Å². The molecule has 1 atom stereocenters. The summed E-state index contributed by atoms with van der Waals surface area (Å²) in [4.78, 5) is 39.1. The van der Waals surface area contributed by atoms with Crippen LogP contribution in [0.4, 0.5) is 14.5 Å². The Hall–Kier alpha value is -3.09. The number of fused-ring (bicyclic) bond motifs is 1. The summed E-state index contributed by atoms with van der Waals surface area (Å²) >= 11 is 0. The molecule has 7 heteroatoms. The van der Waals surface area contributed by atoms with Crippen LogP contribution < -0.4 is 5.32 Å². The summed E-state index contributed by atoms with van der Waals surface area (Å²) in [6.07, 6.45) is 0.189. The first kappa shape index (κ1) is 18.7. The standard InChI is InChI=1S/C20H18F2N2O3/c1-11(2)9-17(18(25)23-16-10-12(21)7-8-15(16)22)24-19(26)13-5-3-4-6-14(13)20(24)27/h3-8,10-11,17H,9H2,1-2H3,(H,23,25). The number of benzene rings is 2. The van der Waals surface area contributed by atoms with E-state index in [4.69, 9.17) is 0 Å². The molecule has 1 heterocycles. The lowest BCUT2D eigenvalue weighted by atomic mass is 10.0. The highest BCUT2D eigenvalue weighted by Crippen LogP contribution is 2.28. The van der Waals surface area contributed by atoms with E-state index in [0.717, 1.165) is 23.1 Å². The fraction of sp³-hybridized carbons (Fsp3) is 0.250. The molecular formula is C20H18F2N2O3. The van der Waals surface area contributed by atoms with Crippen molar-refractivity contribution in [1.82, 2.24) is 4.90 Å². The Bertz CT molecular complexity index is 892. The second-order valence-corrected chi connectivity index (χ2v) is 6.78. The predicted octanol–water partition coefficient (Wildman–Crippen LogP) is 3.61. The third-order valence-corrected chi connectivity index (χ3v) is 4.32. The van der Waals surface area contributed by atoms with Crippen molar-refractivity contribution in [2.75, 3.05) is 5.32 Å². The van der Waals surface area contributed by atoms with Gasteiger partial charge in [-0.3, -0.25) is 19.3 Å². The number of hydrogen-bond acceptors (Lipinski definition) is 3. The number of nitrogens with one attached hydrogen (secondary N) is 1. The molecule has 1 aliphatic heterocycles. The third-order valence-electron chi connectivity index (χ3n) is 4.32. The molecule has 0 radical (unpaired) electrons. The molecule has 3 rings (SSSR count). The van der Waals surface area contributed by atoms with Crippen LogP contribution in [-0.4, -0.2) is 28.7 Å². The van der Waals surface area contributed by atoms with Gasteiger partial charge in [0, 0.05) is 6.07 Å². The molecule has 5 nitrogen and oxygen atoms in total. The topological polar surface area (TPSA) is 66.5 Å². The van der Waals surface area contributed by atoms with Crippen molar-refractivity contribution in [3.05, 3.63) is 65.2 Å². The monoisotopic (exact) mass is 372 g/mol. The highest BCUT2D eigenvalue weighted by atomic mass is 19.1. The van der Waals surface area contributed by atoms with Crippen LogP contribution in [0.2, 0.25) is 0 Å². The maximum Gasteiger partial charge on any atom is 0.262 e. The van der Waals surface area contributed by atoms with E-state index >= 15 is 0 Å². The molecule has 0 saturated carbocycles. The van der Waals surface area contributed by atoms with Crippen molar-refractivity contribution in [2.24, 2.45) is 5.92 Å². The Balaban J connectivity index is 1.93. The van der Waals surface area contributed by atoms with Gasteiger partial charge in [-0.2, -0.15) is 0 Å². The molecule has 0 bridgehead atoms. The number of halogens is 2. The van der Waals surface area contributed by atoms with Crippen molar-refractivity contribution in [1.29, 1.82) is 0 Å². The second-order valence-electron chi connectivity index (χ2n) is 6.78. The fourth-order valence-corrected chi connectivity index (χ4v) is 3.08. The minimum atomic E-state index is -1.14. The molecule has 2 aromatic carbocycles. The number of amides is 3. The van der Waals surface area contributed by atoms with E-state index in [0.29, 0.717) is 0 Å². The normalized spacial score (nSPS) is 14.5. The third kappa shape index (κ3) is 3.58. The summed E-state index contributed by atoms with van der Waals surface area (Å²) in [6, 6.07) is 7.84. The molecule has 0 spiro atoms. The second kappa shape index (κ2) is 7.26. The van der Waals surface area contributed by atoms with E-state index in [9.17, 15) is 23.2 Å². The molecule has 1 aliphatic rings. The number of rotatable bonds is 5. The van der Waals surface area contributed by atoms with Crippen LogP contribution in [0.3, 0.4) is 0 Å². The van der Waals surface area contributed by atoms with E-state index in [1.807, 2.05) is 13.8 Å². The summed E-state index contributed by atoms with van der Waals surface area (Å²) in [6.45, 7) is 3.67. The van der Waals surface area contributed by atoms with Crippen LogP contribution >= 0.6 is 0 Å². The van der Waals surface area contributed by atoms with Gasteiger partial charge in [0.25, 0.3) is 11.8 Å². The highest BCUT2D eigenvalue weighted by molar-refractivity contribution is 6.23. The van der Waals surface area contributed by atoms with Crippen LogP contribution in [-0.2, 0) is 4.79 Å². The lowest BCUT2D eigenvalue weighted by Crippen LogP contribution is -2.48. The maximum absolute atomic E-state index is 13.9. The maximum atomic E-state index is 13.9. The van der Waals surface area contributed by atoms with Gasteiger partial charge in [0.05, 0.1) is 16.8 Å². The van der Waals surface area contributed by atoms with Crippen LogP contribution in [0.25, 0.3) is 0 Å². The van der Waals surface area contributed by atoms with Gasteiger partial charge in [0.1, 0.15) is 17.7 Å². The first-order valence-electron chi connectivity index (χ1n) is 8.52. The van der Waals surface area contributed by atoms with E-state index in [-0.39, 0.29) is 29.2 Å². The number of carbonyl (C=O) groups excluding carboxylic acids is 3. The van der Waals surface area contributed by atoms with Crippen LogP contribution in [0.5, 0.6) is 0 Å². The molecule has 3 amide bonds. The Labute approximate surface area is 155 Å². The summed E-state index contributed by atoms with van der Waals surface area (Å²) in [7, 11) is 0. The molecule has 0 saturated heterocycles. The summed E-state index contributed by atoms with van der Waals surface area (Å²) in [5, 5.41) is 2.30. The molecule has 1 unspecified atom stereocenters. The first-order chi connectivity index (χ1) is 12.8. The van der Waals surface area contributed by atoms with Gasteiger partial charge in [0.2, 0.25) is 5.91 Å². The van der Waals surface area contributed by atoms with Gasteiger partial charge < -0.3 is 5.32 Å². The van der Waals surface area contributed by atoms with Gasteiger partial charge >= 0.3 is 0 Å². The van der Waals surface area contributed by atoms with E-state index in [2.05, 4.69) is 5.32 Å². The largest absolute Gasteiger partial charge is 0.322 e. The number of imide groups is 1. The molecule has 27 heavy (non-hydrogen) atoms. The average Bonchev–Trinajstić information content (AvgIpc) is 2.87. The lowest BCUT2D eigenvalue weighted by Gasteiger charge is -2.26. The molecule has 2 aromatic rings. The molecule has 1 N–H and O–H groups in total. The van der Waals surface area contributed by atoms with Crippen molar-refractivity contribution in [2.45, 2.75) is 26.3 Å². The molecule has 0 aliphatic carbocycles. The van der Waals surface area contributed by atoms with Gasteiger partial charge in [0.15, 0.2) is 0 Å². The van der Waals surface area contributed by atoms with Gasteiger partial charge in [-0.15, -0.1) is 0 Å². The molecule has 0 fully saturated rings. The van der Waals surface area contributed by atoms with Gasteiger partial charge in [-0.1, -0.05) is 26.0 Å². The Morgan fingerprint density at radius 3 is 2.19 bits per heavy atom. The first-order valence-corrected chi connectivity index (χ1v) is 8.52. The van der Waals surface area contributed by atoms with Gasteiger partial charge in [-0.25, -0.2) is 8.78 Å². The highest BCUT2D eigenvalue weighted by Gasteiger charge is 2.42. The van der Waals surface area contributed by atoms with Crippen molar-refractivity contribution in [3.63, 3.8) is 0 Å². The number of anilines is 1. The van der Waals surface area contributed by atoms with E-state index in [1.54, 1.807) is 12.1 Å². The summed E-state index contributed by atoms with van der Waals surface area (Å²) in [5.41, 5.74) is 0.104. The molecule has 0 aromatic heterocycles. The zero-order valence-corrected chi connectivity index (χ0v) is 14.8. The fourth-order valence-electron chi connectivity index (χ4n) is 3.08. The lowest BCUT2D eigenvalue weighted by molar-refractivity contribution is -0.120. The van der Waals surface area contributed by atoms with E-state index in [1.165, 1.54) is 12.1 Å². The number of hydrogen-bond donors (Lipinski definition) is 1. The smallest absolute Gasteiger partial charge is 0.262 e. The quantitative estimate of drug-likeness (QED) is 0.816. The van der Waals surface area contributed by atoms with Gasteiger partial charge in [-0.05, 0) is 36.6 Å². The minimum Gasteiger partial charge on any atom is -0.322 e. The van der Waals surface area contributed by atoms with Crippen LogP contribution in [0.1, 0.15) is 41.0 Å². The van der Waals surface area contributed by atoms with E-state index < -0.39 is 35.4 Å². The SMILES string of the molecule is CC(C)CC(C(=O)Nc1cc(F)ccc1F)N1C(=O)c2ccccc2C1=O. The minimum absolute atomic E-state index is 0.0255. The Morgan fingerprint density at radius 1 is 1.04 bits per heavy atom. The Morgan fingerprint density at radius 2 is 1.63 bits per heavy atom. The zero-order chi connectivity index (χ0) is 19.7. The number of nitrogens with zero attached hydrogens (tertiary/aromatic N) is 1. The number of carbonyl (C=O) groups is 3. The molecule has 140 valence electrons. The van der Waals surface area contributed by atoms with Crippen LogP contribution in [0, 0.1) is 17.6 Å². The molecular weight excluding hydrogens is 354 g/mol. The van der Waals surface area contributed by atoms with Crippen molar-refractivity contribution < 1.29 is 23.2 Å². The predicted molar refractivity (Wildman–Crippen MR) is 95.2 cm³/mol.